The van der Waals surface area contributed by atoms with Gasteiger partial charge in [0.2, 0.25) is 0 Å². The zero-order valence-electron chi connectivity index (χ0n) is 5.74. The van der Waals surface area contributed by atoms with Gasteiger partial charge in [-0.05, 0) is 0 Å². The summed E-state index contributed by atoms with van der Waals surface area (Å²) in [6, 6.07) is 0. The Kier molecular flexibility index (Phi) is 2.85. The molecular weight excluding hydrogens is 204 g/mol. The van der Waals surface area contributed by atoms with Crippen LogP contribution in [-0.2, 0) is 6.61 Å². The van der Waals surface area contributed by atoms with Gasteiger partial charge in [0.1, 0.15) is 5.15 Å². The van der Waals surface area contributed by atoms with Gasteiger partial charge >= 0.3 is 6.09 Å². The van der Waals surface area contributed by atoms with Crippen LogP contribution in [0.5, 0.6) is 0 Å². The lowest BCUT2D eigenvalue weighted by atomic mass is 10.6. The van der Waals surface area contributed by atoms with E-state index >= 15 is 0 Å². The van der Waals surface area contributed by atoms with Crippen LogP contribution in [0, 0.1) is 0 Å². The summed E-state index contributed by atoms with van der Waals surface area (Å²) in [6.07, 6.45) is -1.20. The molecule has 1 rings (SSSR count). The van der Waals surface area contributed by atoms with Gasteiger partial charge in [0, 0.05) is 0 Å². The highest BCUT2D eigenvalue weighted by Crippen LogP contribution is 2.26. The van der Waals surface area contributed by atoms with Crippen molar-refractivity contribution in [2.45, 2.75) is 6.61 Å². The summed E-state index contributed by atoms with van der Waals surface area (Å²) in [6.45, 7) is -0.238. The molecule has 0 spiro atoms. The van der Waals surface area contributed by atoms with Crippen molar-refractivity contribution >= 4 is 34.2 Å². The molecule has 0 bridgehead atoms. The number of aliphatic hydroxyl groups excluding tert-OH is 1. The minimum Gasteiger partial charge on any atom is -0.465 e. The molecule has 1 aromatic heterocycles. The van der Waals surface area contributed by atoms with Crippen molar-refractivity contribution in [3.05, 3.63) is 10.0 Å². The summed E-state index contributed by atoms with van der Waals surface area (Å²) < 4.78 is 0. The molecular formula is C5H5ClN2O3S. The molecule has 0 atom stereocenters. The molecule has 5 nitrogen and oxygen atoms in total. The highest BCUT2D eigenvalue weighted by molar-refractivity contribution is 7.16. The van der Waals surface area contributed by atoms with Crippen LogP contribution in [0.4, 0.5) is 9.93 Å². The van der Waals surface area contributed by atoms with Crippen LogP contribution in [0.15, 0.2) is 0 Å². The summed E-state index contributed by atoms with van der Waals surface area (Å²) in [5, 5.41) is 19.3. The van der Waals surface area contributed by atoms with E-state index in [1.54, 1.807) is 0 Å². The molecule has 0 aromatic carbocycles. The van der Waals surface area contributed by atoms with Crippen molar-refractivity contribution in [3.63, 3.8) is 0 Å². The van der Waals surface area contributed by atoms with Crippen LogP contribution in [0.3, 0.4) is 0 Å². The quantitative estimate of drug-likeness (QED) is 0.686. The highest BCUT2D eigenvalue weighted by atomic mass is 35.5. The topological polar surface area (TPSA) is 82.5 Å². The number of carboxylic acid groups (broad SMARTS) is 1. The van der Waals surface area contributed by atoms with Crippen molar-refractivity contribution in [1.29, 1.82) is 0 Å². The van der Waals surface area contributed by atoms with Gasteiger partial charge in [0.15, 0.2) is 5.13 Å². The lowest BCUT2D eigenvalue weighted by Crippen LogP contribution is -2.06. The summed E-state index contributed by atoms with van der Waals surface area (Å²) in [7, 11) is 0. The molecule has 12 heavy (non-hydrogen) atoms. The number of nitrogens with one attached hydrogen (secondary N) is 1. The van der Waals surface area contributed by atoms with Crippen molar-refractivity contribution in [2.75, 3.05) is 5.32 Å². The predicted molar refractivity (Wildman–Crippen MR) is 44.7 cm³/mol. The number of aliphatic hydroxyl groups is 1. The Balaban J connectivity index is 2.82. The van der Waals surface area contributed by atoms with Gasteiger partial charge in [-0.25, -0.2) is 9.78 Å². The van der Waals surface area contributed by atoms with E-state index in [1.165, 1.54) is 0 Å². The van der Waals surface area contributed by atoms with Crippen LogP contribution < -0.4 is 5.32 Å². The molecule has 0 aliphatic carbocycles. The van der Waals surface area contributed by atoms with Gasteiger partial charge in [0.25, 0.3) is 0 Å². The van der Waals surface area contributed by atoms with Crippen molar-refractivity contribution in [3.8, 4) is 0 Å². The lowest BCUT2D eigenvalue weighted by molar-refractivity contribution is 0.209. The number of nitrogens with zero attached hydrogens (tertiary/aromatic N) is 1. The number of carbonyl (C=O) groups is 1. The standard InChI is InChI=1S/C5H5ClN2O3S/c6-3-2(1-9)12-4(7-3)8-5(10)11/h9H,1H2,(H,7,8)(H,10,11). The highest BCUT2D eigenvalue weighted by Gasteiger charge is 2.09. The maximum Gasteiger partial charge on any atom is 0.410 e. The number of hydrogen-bond acceptors (Lipinski definition) is 4. The van der Waals surface area contributed by atoms with Gasteiger partial charge in [-0.1, -0.05) is 22.9 Å². The molecule has 0 unspecified atom stereocenters. The van der Waals surface area contributed by atoms with E-state index in [0.29, 0.717) is 4.88 Å². The number of hydrogen-bond donors (Lipinski definition) is 3. The fourth-order valence-corrected chi connectivity index (χ4v) is 1.59. The Morgan fingerprint density at radius 3 is 2.83 bits per heavy atom. The molecule has 0 aliphatic rings. The third-order valence-electron chi connectivity index (χ3n) is 1.01. The summed E-state index contributed by atoms with van der Waals surface area (Å²) in [5.41, 5.74) is 0. The lowest BCUT2D eigenvalue weighted by Gasteiger charge is -1.89. The second-order valence-electron chi connectivity index (χ2n) is 1.82. The molecule has 0 saturated heterocycles. The Morgan fingerprint density at radius 1 is 1.75 bits per heavy atom. The molecule has 7 heteroatoms. The molecule has 1 amide bonds. The number of amides is 1. The van der Waals surface area contributed by atoms with Crippen LogP contribution in [-0.4, -0.2) is 21.3 Å². The second-order valence-corrected chi connectivity index (χ2v) is 3.26. The normalized spacial score (nSPS) is 9.83. The molecule has 66 valence electrons. The fourth-order valence-electron chi connectivity index (χ4n) is 0.576. The zero-order chi connectivity index (χ0) is 9.14. The minimum atomic E-state index is -1.20. The Morgan fingerprint density at radius 2 is 2.42 bits per heavy atom. The van der Waals surface area contributed by atoms with Crippen molar-refractivity contribution in [2.24, 2.45) is 0 Å². The van der Waals surface area contributed by atoms with Gasteiger partial charge in [-0.3, -0.25) is 5.32 Å². The average molecular weight is 209 g/mol. The number of aromatic nitrogens is 1. The number of thiazole rings is 1. The van der Waals surface area contributed by atoms with Gasteiger partial charge in [0.05, 0.1) is 11.5 Å². The van der Waals surface area contributed by atoms with Gasteiger partial charge in [-0.15, -0.1) is 0 Å². The molecule has 3 N–H and O–H groups in total. The van der Waals surface area contributed by atoms with E-state index in [2.05, 4.69) is 4.98 Å². The van der Waals surface area contributed by atoms with Crippen molar-refractivity contribution in [1.82, 2.24) is 4.98 Å². The first-order valence-corrected chi connectivity index (χ1v) is 4.09. The third-order valence-corrected chi connectivity index (χ3v) is 2.39. The van der Waals surface area contributed by atoms with Gasteiger partial charge in [-0.2, -0.15) is 0 Å². The minimum absolute atomic E-state index is 0.131. The molecule has 1 heterocycles. The van der Waals surface area contributed by atoms with Crippen LogP contribution >= 0.6 is 22.9 Å². The fraction of sp³-hybridized carbons (Fsp3) is 0.200. The Bertz CT molecular complexity index is 301. The number of rotatable bonds is 2. The maximum atomic E-state index is 10.1. The third kappa shape index (κ3) is 2.07. The molecule has 0 radical (unpaired) electrons. The van der Waals surface area contributed by atoms with E-state index in [4.69, 9.17) is 21.8 Å². The van der Waals surface area contributed by atoms with Crippen LogP contribution in [0.2, 0.25) is 5.15 Å². The van der Waals surface area contributed by atoms with Crippen LogP contribution in [0.1, 0.15) is 4.88 Å². The average Bonchev–Trinajstić information content (AvgIpc) is 2.29. The smallest absolute Gasteiger partial charge is 0.410 e. The molecule has 0 fully saturated rings. The van der Waals surface area contributed by atoms with E-state index in [1.807, 2.05) is 5.32 Å². The Labute approximate surface area is 76.6 Å². The van der Waals surface area contributed by atoms with E-state index in [0.717, 1.165) is 11.3 Å². The van der Waals surface area contributed by atoms with Crippen LogP contribution in [0.25, 0.3) is 0 Å². The summed E-state index contributed by atoms with van der Waals surface area (Å²) in [4.78, 5) is 14.2. The summed E-state index contributed by atoms with van der Waals surface area (Å²) >= 11 is 6.54. The zero-order valence-corrected chi connectivity index (χ0v) is 7.32. The van der Waals surface area contributed by atoms with E-state index in [-0.39, 0.29) is 16.9 Å². The number of anilines is 1. The molecule has 0 saturated carbocycles. The first-order chi connectivity index (χ1) is 5.63. The summed E-state index contributed by atoms with van der Waals surface area (Å²) in [5.74, 6) is 0. The number of halogens is 1. The second kappa shape index (κ2) is 3.70. The van der Waals surface area contributed by atoms with Gasteiger partial charge < -0.3 is 10.2 Å². The predicted octanol–water partition coefficient (Wildman–Crippen LogP) is 1.38. The molecule has 1 aromatic rings. The molecule has 0 aliphatic heterocycles. The largest absolute Gasteiger partial charge is 0.465 e. The van der Waals surface area contributed by atoms with E-state index < -0.39 is 6.09 Å². The maximum absolute atomic E-state index is 10.1. The first kappa shape index (κ1) is 9.24. The van der Waals surface area contributed by atoms with E-state index in [9.17, 15) is 4.79 Å². The first-order valence-electron chi connectivity index (χ1n) is 2.89. The van der Waals surface area contributed by atoms with Crippen molar-refractivity contribution < 1.29 is 15.0 Å². The monoisotopic (exact) mass is 208 g/mol. The Hall–Kier alpha value is -0.850. The SMILES string of the molecule is O=C(O)Nc1nc(Cl)c(CO)s1.